The second-order valence-electron chi connectivity index (χ2n) is 6.71. The van der Waals surface area contributed by atoms with Gasteiger partial charge in [0.1, 0.15) is 11.3 Å². The number of hydrogen-bond donors (Lipinski definition) is 2. The number of benzene rings is 1. The smallest absolute Gasteiger partial charge is 0.341 e. The highest BCUT2D eigenvalue weighted by atomic mass is 16.5. The number of carbonyl (C=O) groups is 1. The minimum Gasteiger partial charge on any atom is -0.496 e. The standard InChI is InChI=1S/C21H33N3O5/c1-4-22-21(23-10-6-11-28-15-17-7-5-12-29-17)24-14-16-8-9-19(26-2)18(13-16)20(25)27-3/h8-9,13,17H,4-7,10-12,14-15H2,1-3H3,(H2,22,23,24). The van der Waals surface area contributed by atoms with Crippen molar-refractivity contribution in [2.75, 3.05) is 47.1 Å². The van der Waals surface area contributed by atoms with Crippen LogP contribution in [0.1, 0.15) is 42.1 Å². The highest BCUT2D eigenvalue weighted by Crippen LogP contribution is 2.21. The number of aliphatic imine (C=N–C) groups is 1. The van der Waals surface area contributed by atoms with Crippen molar-refractivity contribution >= 4 is 11.9 Å². The molecule has 0 radical (unpaired) electrons. The first-order valence-corrected chi connectivity index (χ1v) is 10.1. The quantitative estimate of drug-likeness (QED) is 0.251. The van der Waals surface area contributed by atoms with Gasteiger partial charge in [-0.3, -0.25) is 0 Å². The summed E-state index contributed by atoms with van der Waals surface area (Å²) in [6, 6.07) is 5.39. The Balaban J connectivity index is 1.80. The summed E-state index contributed by atoms with van der Waals surface area (Å²) < 4.78 is 21.3. The summed E-state index contributed by atoms with van der Waals surface area (Å²) in [5.41, 5.74) is 1.28. The van der Waals surface area contributed by atoms with Crippen molar-refractivity contribution in [1.82, 2.24) is 10.6 Å². The molecule has 1 aliphatic rings. The van der Waals surface area contributed by atoms with Gasteiger partial charge in [0.15, 0.2) is 5.96 Å². The Hall–Kier alpha value is -2.32. The summed E-state index contributed by atoms with van der Waals surface area (Å²) in [6.45, 7) is 6.18. The van der Waals surface area contributed by atoms with Crippen LogP contribution in [0, 0.1) is 0 Å². The normalized spacial score (nSPS) is 16.5. The molecule has 2 rings (SSSR count). The van der Waals surface area contributed by atoms with Gasteiger partial charge in [-0.05, 0) is 43.9 Å². The Morgan fingerprint density at radius 3 is 2.86 bits per heavy atom. The van der Waals surface area contributed by atoms with Gasteiger partial charge < -0.3 is 29.6 Å². The van der Waals surface area contributed by atoms with Crippen molar-refractivity contribution in [2.45, 2.75) is 38.8 Å². The second-order valence-corrected chi connectivity index (χ2v) is 6.71. The van der Waals surface area contributed by atoms with E-state index >= 15 is 0 Å². The molecule has 0 amide bonds. The Bertz CT molecular complexity index is 660. The molecule has 29 heavy (non-hydrogen) atoms. The third-order valence-corrected chi connectivity index (χ3v) is 4.52. The van der Waals surface area contributed by atoms with Crippen LogP contribution in [-0.4, -0.2) is 65.2 Å². The number of guanidine groups is 1. The average molecular weight is 408 g/mol. The molecule has 0 saturated carbocycles. The number of carbonyl (C=O) groups excluding carboxylic acids is 1. The van der Waals surface area contributed by atoms with Crippen LogP contribution in [0.3, 0.4) is 0 Å². The Morgan fingerprint density at radius 1 is 1.31 bits per heavy atom. The molecule has 1 aromatic rings. The summed E-state index contributed by atoms with van der Waals surface area (Å²) in [5, 5.41) is 6.52. The van der Waals surface area contributed by atoms with Gasteiger partial charge in [0.2, 0.25) is 0 Å². The van der Waals surface area contributed by atoms with Crippen molar-refractivity contribution in [1.29, 1.82) is 0 Å². The van der Waals surface area contributed by atoms with E-state index in [1.54, 1.807) is 12.1 Å². The van der Waals surface area contributed by atoms with Crippen LogP contribution in [0.2, 0.25) is 0 Å². The van der Waals surface area contributed by atoms with E-state index in [4.69, 9.17) is 18.9 Å². The molecule has 1 aliphatic heterocycles. The lowest BCUT2D eigenvalue weighted by Crippen LogP contribution is -2.38. The molecule has 0 aliphatic carbocycles. The van der Waals surface area contributed by atoms with Gasteiger partial charge in [-0.2, -0.15) is 0 Å². The molecule has 0 bridgehead atoms. The van der Waals surface area contributed by atoms with Gasteiger partial charge in [-0.15, -0.1) is 0 Å². The fraction of sp³-hybridized carbons (Fsp3) is 0.619. The lowest BCUT2D eigenvalue weighted by Gasteiger charge is -2.13. The number of rotatable bonds is 11. The summed E-state index contributed by atoms with van der Waals surface area (Å²) >= 11 is 0. The van der Waals surface area contributed by atoms with Gasteiger partial charge in [-0.25, -0.2) is 9.79 Å². The topological polar surface area (TPSA) is 90.4 Å². The van der Waals surface area contributed by atoms with Gasteiger partial charge in [0.25, 0.3) is 0 Å². The molecule has 1 heterocycles. The highest BCUT2D eigenvalue weighted by molar-refractivity contribution is 5.92. The van der Waals surface area contributed by atoms with Gasteiger partial charge in [0.05, 0.1) is 33.5 Å². The maximum absolute atomic E-state index is 11.9. The zero-order valence-electron chi connectivity index (χ0n) is 17.7. The van der Waals surface area contributed by atoms with Crippen molar-refractivity contribution in [3.8, 4) is 5.75 Å². The first-order valence-electron chi connectivity index (χ1n) is 10.1. The maximum atomic E-state index is 11.9. The number of hydrogen-bond acceptors (Lipinski definition) is 6. The van der Waals surface area contributed by atoms with Crippen LogP contribution in [-0.2, 0) is 20.8 Å². The number of nitrogens with zero attached hydrogens (tertiary/aromatic N) is 1. The Labute approximate surface area is 173 Å². The van der Waals surface area contributed by atoms with Crippen LogP contribution in [0.25, 0.3) is 0 Å². The van der Waals surface area contributed by atoms with E-state index in [1.165, 1.54) is 14.2 Å². The first kappa shape index (κ1) is 23.0. The molecule has 1 saturated heterocycles. The molecular weight excluding hydrogens is 374 g/mol. The maximum Gasteiger partial charge on any atom is 0.341 e. The molecule has 1 atom stereocenters. The van der Waals surface area contributed by atoms with Crippen LogP contribution in [0.4, 0.5) is 0 Å². The second kappa shape index (κ2) is 13.0. The number of nitrogens with one attached hydrogen (secondary N) is 2. The molecule has 8 heteroatoms. The summed E-state index contributed by atoms with van der Waals surface area (Å²) in [6.07, 6.45) is 3.37. The third kappa shape index (κ3) is 7.91. The van der Waals surface area contributed by atoms with E-state index in [2.05, 4.69) is 15.6 Å². The van der Waals surface area contributed by atoms with E-state index in [-0.39, 0.29) is 6.10 Å². The van der Waals surface area contributed by atoms with Crippen molar-refractivity contribution in [3.63, 3.8) is 0 Å². The summed E-state index contributed by atoms with van der Waals surface area (Å²) in [5.74, 6) is 0.778. The van der Waals surface area contributed by atoms with Gasteiger partial charge in [0, 0.05) is 26.3 Å². The van der Waals surface area contributed by atoms with Crippen LogP contribution < -0.4 is 15.4 Å². The highest BCUT2D eigenvalue weighted by Gasteiger charge is 2.15. The number of ether oxygens (including phenoxy) is 4. The largest absolute Gasteiger partial charge is 0.496 e. The van der Waals surface area contributed by atoms with E-state index in [0.717, 1.165) is 50.5 Å². The van der Waals surface area contributed by atoms with E-state index in [1.807, 2.05) is 13.0 Å². The predicted molar refractivity (Wildman–Crippen MR) is 112 cm³/mol. The van der Waals surface area contributed by atoms with Crippen molar-refractivity contribution < 1.29 is 23.7 Å². The Kier molecular flexibility index (Phi) is 10.3. The molecule has 0 aromatic heterocycles. The number of esters is 1. The van der Waals surface area contributed by atoms with Crippen LogP contribution >= 0.6 is 0 Å². The lowest BCUT2D eigenvalue weighted by molar-refractivity contribution is 0.0168. The van der Waals surface area contributed by atoms with Crippen LogP contribution in [0.5, 0.6) is 5.75 Å². The predicted octanol–water partition coefficient (Wildman–Crippen LogP) is 2.12. The fourth-order valence-corrected chi connectivity index (χ4v) is 3.01. The fourth-order valence-electron chi connectivity index (χ4n) is 3.01. The molecule has 1 aromatic carbocycles. The molecule has 2 N–H and O–H groups in total. The zero-order valence-corrected chi connectivity index (χ0v) is 17.7. The average Bonchev–Trinajstić information content (AvgIpc) is 3.27. The SMILES string of the molecule is CCNC(=NCc1ccc(OC)c(C(=O)OC)c1)NCCCOCC1CCCO1. The van der Waals surface area contributed by atoms with Crippen molar-refractivity contribution in [3.05, 3.63) is 29.3 Å². The lowest BCUT2D eigenvalue weighted by atomic mass is 10.1. The zero-order chi connectivity index (χ0) is 20.9. The summed E-state index contributed by atoms with van der Waals surface area (Å²) in [4.78, 5) is 16.5. The molecule has 1 fully saturated rings. The van der Waals surface area contributed by atoms with Gasteiger partial charge >= 0.3 is 5.97 Å². The Morgan fingerprint density at radius 2 is 2.17 bits per heavy atom. The van der Waals surface area contributed by atoms with E-state index in [0.29, 0.717) is 31.1 Å². The molecule has 0 spiro atoms. The summed E-state index contributed by atoms with van der Waals surface area (Å²) in [7, 11) is 2.88. The van der Waals surface area contributed by atoms with Gasteiger partial charge in [-0.1, -0.05) is 6.07 Å². The van der Waals surface area contributed by atoms with Crippen molar-refractivity contribution in [2.24, 2.45) is 4.99 Å². The molecular formula is C21H33N3O5. The third-order valence-electron chi connectivity index (χ3n) is 4.52. The molecule has 1 unspecified atom stereocenters. The minimum atomic E-state index is -0.430. The molecule has 8 nitrogen and oxygen atoms in total. The minimum absolute atomic E-state index is 0.265. The number of methoxy groups -OCH3 is 2. The monoisotopic (exact) mass is 407 g/mol. The first-order chi connectivity index (χ1) is 14.2. The van der Waals surface area contributed by atoms with E-state index in [9.17, 15) is 4.79 Å². The van der Waals surface area contributed by atoms with Crippen LogP contribution in [0.15, 0.2) is 23.2 Å². The molecule has 162 valence electrons. The van der Waals surface area contributed by atoms with E-state index < -0.39 is 5.97 Å².